The third-order valence-corrected chi connectivity index (χ3v) is 5.17. The lowest BCUT2D eigenvalue weighted by Crippen LogP contribution is -2.49. The molecule has 0 aliphatic carbocycles. The molecule has 12 heteroatoms. The van der Waals surface area contributed by atoms with E-state index in [9.17, 15) is 13.2 Å². The van der Waals surface area contributed by atoms with Crippen molar-refractivity contribution in [3.05, 3.63) is 35.3 Å². The van der Waals surface area contributed by atoms with Crippen molar-refractivity contribution in [2.45, 2.75) is 6.18 Å². The third kappa shape index (κ3) is 4.59. The van der Waals surface area contributed by atoms with Crippen molar-refractivity contribution in [2.24, 2.45) is 0 Å². The van der Waals surface area contributed by atoms with Crippen LogP contribution in [0.15, 0.2) is 35.3 Å². The van der Waals surface area contributed by atoms with E-state index in [0.29, 0.717) is 48.0 Å². The number of fused-ring (bicyclic) bond motifs is 1. The number of nitrogens with one attached hydrogen (secondary N) is 1. The summed E-state index contributed by atoms with van der Waals surface area (Å²) in [6.07, 6.45) is -1.03. The number of benzene rings is 1. The fraction of sp³-hybridized carbons (Fsp3) is 0.389. The summed E-state index contributed by atoms with van der Waals surface area (Å²) in [6, 6.07) is 5.59. The van der Waals surface area contributed by atoms with E-state index in [-0.39, 0.29) is 0 Å². The van der Waals surface area contributed by atoms with Gasteiger partial charge in [0.15, 0.2) is 11.5 Å². The molecule has 1 saturated heterocycles. The number of aromatic nitrogens is 4. The second kappa shape index (κ2) is 8.26. The van der Waals surface area contributed by atoms with Crippen molar-refractivity contribution in [3.8, 4) is 5.75 Å². The number of rotatable bonds is 5. The Morgan fingerprint density at radius 2 is 1.97 bits per heavy atom. The fourth-order valence-electron chi connectivity index (χ4n) is 3.44. The molecule has 1 aliphatic heterocycles. The van der Waals surface area contributed by atoms with E-state index in [1.165, 1.54) is 11.2 Å². The summed E-state index contributed by atoms with van der Waals surface area (Å²) in [6.45, 7) is 0.794. The van der Waals surface area contributed by atoms with Gasteiger partial charge in [0, 0.05) is 37.9 Å². The standard InChI is InChI=1S/C18H19BrF3N7O/c1-30-14-8-12(25-16-17-23-11-24-29(17)9-15(19)26-16)2-3-13(14)28-6-4-27(5-7-28)10-18(20,21)22/h2-3,8-9,11H,4-7,10H2,1H3,(H,25,26). The van der Waals surface area contributed by atoms with Crippen LogP contribution in [-0.2, 0) is 0 Å². The SMILES string of the molecule is COc1cc(Nc2nc(Br)cn3ncnc23)ccc1N1CCN(CC(F)(F)F)CC1. The molecule has 2 aromatic heterocycles. The summed E-state index contributed by atoms with van der Waals surface area (Å²) in [5, 5.41) is 7.32. The van der Waals surface area contributed by atoms with Gasteiger partial charge in [0.05, 0.1) is 25.5 Å². The average molecular weight is 486 g/mol. The average Bonchev–Trinajstić information content (AvgIpc) is 3.16. The first-order valence-corrected chi connectivity index (χ1v) is 9.97. The molecule has 0 amide bonds. The van der Waals surface area contributed by atoms with E-state index in [0.717, 1.165) is 11.4 Å². The number of nitrogens with zero attached hydrogens (tertiary/aromatic N) is 6. The molecule has 0 saturated carbocycles. The van der Waals surface area contributed by atoms with E-state index in [4.69, 9.17) is 4.74 Å². The zero-order valence-corrected chi connectivity index (χ0v) is 17.6. The van der Waals surface area contributed by atoms with Crippen molar-refractivity contribution < 1.29 is 17.9 Å². The molecule has 0 radical (unpaired) electrons. The second-order valence-electron chi connectivity index (χ2n) is 6.83. The Bertz CT molecular complexity index is 1030. The first-order valence-electron chi connectivity index (χ1n) is 9.17. The molecule has 0 atom stereocenters. The number of hydrogen-bond donors (Lipinski definition) is 1. The summed E-state index contributed by atoms with van der Waals surface area (Å²) in [4.78, 5) is 12.1. The zero-order chi connectivity index (χ0) is 21.3. The maximum atomic E-state index is 12.6. The lowest BCUT2D eigenvalue weighted by Gasteiger charge is -2.36. The zero-order valence-electron chi connectivity index (χ0n) is 16.0. The largest absolute Gasteiger partial charge is 0.495 e. The maximum absolute atomic E-state index is 12.6. The molecule has 0 spiro atoms. The summed E-state index contributed by atoms with van der Waals surface area (Å²) in [5.41, 5.74) is 2.15. The van der Waals surface area contributed by atoms with E-state index in [2.05, 4.69) is 36.3 Å². The van der Waals surface area contributed by atoms with Gasteiger partial charge in [-0.25, -0.2) is 14.5 Å². The number of halogens is 4. The van der Waals surface area contributed by atoms with Crippen LogP contribution in [0.1, 0.15) is 0 Å². The van der Waals surface area contributed by atoms with Crippen molar-refractivity contribution in [1.82, 2.24) is 24.5 Å². The van der Waals surface area contributed by atoms with Crippen LogP contribution < -0.4 is 15.0 Å². The first kappa shape index (κ1) is 20.7. The van der Waals surface area contributed by atoms with Crippen LogP contribution in [-0.4, -0.2) is 70.5 Å². The minimum Gasteiger partial charge on any atom is -0.495 e. The highest BCUT2D eigenvalue weighted by atomic mass is 79.9. The van der Waals surface area contributed by atoms with Gasteiger partial charge in [-0.1, -0.05) is 0 Å². The molecule has 3 heterocycles. The Kier molecular flexibility index (Phi) is 5.69. The van der Waals surface area contributed by atoms with Crippen molar-refractivity contribution in [3.63, 3.8) is 0 Å². The monoisotopic (exact) mass is 485 g/mol. The molecule has 4 rings (SSSR count). The number of ether oxygens (including phenoxy) is 1. The fourth-order valence-corrected chi connectivity index (χ4v) is 3.81. The molecule has 1 aromatic carbocycles. The lowest BCUT2D eigenvalue weighted by molar-refractivity contribution is -0.146. The molecule has 0 bridgehead atoms. The van der Waals surface area contributed by atoms with Gasteiger partial charge in [-0.3, -0.25) is 4.90 Å². The third-order valence-electron chi connectivity index (χ3n) is 4.79. The highest BCUT2D eigenvalue weighted by Gasteiger charge is 2.32. The van der Waals surface area contributed by atoms with E-state index < -0.39 is 12.7 Å². The molecule has 3 aromatic rings. The number of piperazine rings is 1. The van der Waals surface area contributed by atoms with E-state index in [1.54, 1.807) is 17.8 Å². The lowest BCUT2D eigenvalue weighted by atomic mass is 10.2. The van der Waals surface area contributed by atoms with Crippen LogP contribution >= 0.6 is 15.9 Å². The summed E-state index contributed by atoms with van der Waals surface area (Å²) >= 11 is 3.35. The molecule has 1 N–H and O–H groups in total. The summed E-state index contributed by atoms with van der Waals surface area (Å²) in [5.74, 6) is 1.15. The van der Waals surface area contributed by atoms with Gasteiger partial charge < -0.3 is 15.0 Å². The van der Waals surface area contributed by atoms with Crippen LogP contribution in [0.3, 0.4) is 0 Å². The molecule has 8 nitrogen and oxygen atoms in total. The normalized spacial score (nSPS) is 15.6. The Morgan fingerprint density at radius 3 is 2.67 bits per heavy atom. The Morgan fingerprint density at radius 1 is 1.20 bits per heavy atom. The second-order valence-corrected chi connectivity index (χ2v) is 7.64. The molecule has 0 unspecified atom stereocenters. The minimum absolute atomic E-state index is 0.343. The predicted molar refractivity (Wildman–Crippen MR) is 109 cm³/mol. The number of methoxy groups -OCH3 is 1. The smallest absolute Gasteiger partial charge is 0.401 e. The minimum atomic E-state index is -4.18. The van der Waals surface area contributed by atoms with Crippen molar-refractivity contribution >= 4 is 38.8 Å². The first-order chi connectivity index (χ1) is 14.3. The van der Waals surface area contributed by atoms with Crippen LogP contribution in [0.2, 0.25) is 0 Å². The van der Waals surface area contributed by atoms with Crippen LogP contribution in [0.4, 0.5) is 30.4 Å². The van der Waals surface area contributed by atoms with Crippen LogP contribution in [0, 0.1) is 0 Å². The predicted octanol–water partition coefficient (Wildman–Crippen LogP) is 3.32. The maximum Gasteiger partial charge on any atom is 0.401 e. The van der Waals surface area contributed by atoms with Gasteiger partial charge in [0.1, 0.15) is 16.7 Å². The van der Waals surface area contributed by atoms with Crippen LogP contribution in [0.5, 0.6) is 5.75 Å². The van der Waals surface area contributed by atoms with Gasteiger partial charge in [0.2, 0.25) is 0 Å². The van der Waals surface area contributed by atoms with Crippen molar-refractivity contribution in [1.29, 1.82) is 0 Å². The highest BCUT2D eigenvalue weighted by molar-refractivity contribution is 9.10. The molecular formula is C18H19BrF3N7O. The van der Waals surface area contributed by atoms with Crippen molar-refractivity contribution in [2.75, 3.05) is 50.1 Å². The van der Waals surface area contributed by atoms with Gasteiger partial charge in [-0.2, -0.15) is 18.3 Å². The molecular weight excluding hydrogens is 467 g/mol. The quantitative estimate of drug-likeness (QED) is 0.594. The molecule has 30 heavy (non-hydrogen) atoms. The Hall–Kier alpha value is -2.60. The summed E-state index contributed by atoms with van der Waals surface area (Å²) in [7, 11) is 1.57. The summed E-state index contributed by atoms with van der Waals surface area (Å²) < 4.78 is 45.6. The van der Waals surface area contributed by atoms with E-state index >= 15 is 0 Å². The van der Waals surface area contributed by atoms with Gasteiger partial charge >= 0.3 is 6.18 Å². The van der Waals surface area contributed by atoms with Crippen LogP contribution in [0.25, 0.3) is 5.65 Å². The Balaban J connectivity index is 1.50. The molecule has 1 fully saturated rings. The van der Waals surface area contributed by atoms with E-state index in [1.807, 2.05) is 23.1 Å². The highest BCUT2D eigenvalue weighted by Crippen LogP contribution is 2.33. The number of anilines is 3. The van der Waals surface area contributed by atoms with Gasteiger partial charge in [0.25, 0.3) is 0 Å². The van der Waals surface area contributed by atoms with Gasteiger partial charge in [-0.15, -0.1) is 0 Å². The number of alkyl halides is 3. The van der Waals surface area contributed by atoms with Gasteiger partial charge in [-0.05, 0) is 28.1 Å². The Labute approximate surface area is 178 Å². The molecule has 1 aliphatic rings. The number of hydrogen-bond acceptors (Lipinski definition) is 7. The molecule has 160 valence electrons. The topological polar surface area (TPSA) is 70.8 Å².